The lowest BCUT2D eigenvalue weighted by atomic mass is 10.1. The van der Waals surface area contributed by atoms with Crippen LogP contribution in [0.2, 0.25) is 0 Å². The molecular formula is C19H18N6O4S. The number of nitrogens with zero attached hydrogens (tertiary/aromatic N) is 6. The molecule has 0 spiro atoms. The number of benzene rings is 1. The smallest absolute Gasteiger partial charge is 0.258 e. The number of nitro groups is 1. The van der Waals surface area contributed by atoms with Crippen LogP contribution < -0.4 is 0 Å². The van der Waals surface area contributed by atoms with E-state index in [0.717, 1.165) is 10.5 Å². The van der Waals surface area contributed by atoms with Crippen molar-refractivity contribution in [3.05, 3.63) is 69.5 Å². The molecule has 10 nitrogen and oxygen atoms in total. The van der Waals surface area contributed by atoms with Crippen LogP contribution in [0.1, 0.15) is 30.0 Å². The second-order valence-electron chi connectivity index (χ2n) is 6.46. The predicted molar refractivity (Wildman–Crippen MR) is 110 cm³/mol. The summed E-state index contributed by atoms with van der Waals surface area (Å²) in [6.07, 6.45) is 3.58. The maximum absolute atomic E-state index is 13.0. The highest BCUT2D eigenvalue weighted by Crippen LogP contribution is 2.25. The maximum atomic E-state index is 13.0. The van der Waals surface area contributed by atoms with Crippen LogP contribution >= 0.6 is 0 Å². The van der Waals surface area contributed by atoms with E-state index in [1.54, 1.807) is 36.0 Å². The number of rotatable bonds is 6. The van der Waals surface area contributed by atoms with Crippen LogP contribution in [0.5, 0.6) is 0 Å². The SMILES string of the molecule is CC/C(=N\N(C)S(=O)(=O)c1cc([N+](=O)[O-])ccc1C)c1cnn2ccc(C#N)cc12. The summed E-state index contributed by atoms with van der Waals surface area (Å²) in [7, 11) is -2.85. The third-order valence-corrected chi connectivity index (χ3v) is 6.34. The molecule has 1 aromatic carbocycles. The fourth-order valence-electron chi connectivity index (χ4n) is 2.93. The molecule has 0 aliphatic carbocycles. The molecule has 0 N–H and O–H groups in total. The molecule has 0 unspecified atom stereocenters. The molecule has 0 atom stereocenters. The first-order valence-corrected chi connectivity index (χ1v) is 10.3. The first-order valence-electron chi connectivity index (χ1n) is 8.88. The van der Waals surface area contributed by atoms with Crippen LogP contribution in [-0.2, 0) is 10.0 Å². The number of aromatic nitrogens is 2. The van der Waals surface area contributed by atoms with Crippen LogP contribution in [-0.4, -0.2) is 40.1 Å². The first-order chi connectivity index (χ1) is 14.2. The van der Waals surface area contributed by atoms with Crippen LogP contribution in [0.3, 0.4) is 0 Å². The van der Waals surface area contributed by atoms with Crippen LogP contribution in [0.25, 0.3) is 5.52 Å². The Morgan fingerprint density at radius 1 is 1.37 bits per heavy atom. The van der Waals surface area contributed by atoms with Crippen molar-refractivity contribution in [1.29, 1.82) is 5.26 Å². The summed E-state index contributed by atoms with van der Waals surface area (Å²) in [4.78, 5) is 10.2. The third-order valence-electron chi connectivity index (χ3n) is 4.57. The number of aryl methyl sites for hydroxylation is 1. The van der Waals surface area contributed by atoms with E-state index in [1.807, 2.05) is 6.92 Å². The Balaban J connectivity index is 2.08. The molecular weight excluding hydrogens is 408 g/mol. The Morgan fingerprint density at radius 3 is 2.73 bits per heavy atom. The summed E-state index contributed by atoms with van der Waals surface area (Å²) >= 11 is 0. The zero-order chi connectivity index (χ0) is 22.1. The van der Waals surface area contributed by atoms with Gasteiger partial charge >= 0.3 is 0 Å². The van der Waals surface area contributed by atoms with E-state index in [-0.39, 0.29) is 10.6 Å². The van der Waals surface area contributed by atoms with Crippen LogP contribution in [0, 0.1) is 28.4 Å². The van der Waals surface area contributed by atoms with Gasteiger partial charge in [-0.1, -0.05) is 13.0 Å². The Hall–Kier alpha value is -3.78. The predicted octanol–water partition coefficient (Wildman–Crippen LogP) is 2.86. The highest BCUT2D eigenvalue weighted by Gasteiger charge is 2.25. The standard InChI is InChI=1S/C19H18N6O4S/c1-4-17(16-12-21-24-8-7-14(11-20)9-18(16)24)22-23(3)30(28,29)19-10-15(25(26)27)6-5-13(19)2/h5-10,12H,4H2,1-3H3/b22-17+. The fraction of sp³-hybridized carbons (Fsp3) is 0.211. The highest BCUT2D eigenvalue weighted by molar-refractivity contribution is 7.89. The average molecular weight is 426 g/mol. The van der Waals surface area contributed by atoms with E-state index in [9.17, 15) is 18.5 Å². The molecule has 0 bridgehead atoms. The molecule has 0 amide bonds. The normalized spacial score (nSPS) is 12.0. The monoisotopic (exact) mass is 426 g/mol. The topological polar surface area (TPSA) is 134 Å². The van der Waals surface area contributed by atoms with E-state index in [1.165, 1.54) is 19.2 Å². The quantitative estimate of drug-likeness (QED) is 0.338. The van der Waals surface area contributed by atoms with Crippen LogP contribution in [0.4, 0.5) is 5.69 Å². The van der Waals surface area contributed by atoms with Crippen molar-refractivity contribution in [1.82, 2.24) is 14.0 Å². The minimum Gasteiger partial charge on any atom is -0.258 e. The number of pyridine rings is 1. The van der Waals surface area contributed by atoms with Crippen LogP contribution in [0.15, 0.2) is 52.7 Å². The minimum atomic E-state index is -4.13. The lowest BCUT2D eigenvalue weighted by molar-refractivity contribution is -0.385. The maximum Gasteiger partial charge on any atom is 0.279 e. The van der Waals surface area contributed by atoms with Gasteiger partial charge in [-0.25, -0.2) is 4.52 Å². The zero-order valence-corrected chi connectivity index (χ0v) is 17.3. The number of nitriles is 1. The molecule has 0 aliphatic rings. The second-order valence-corrected chi connectivity index (χ2v) is 8.38. The second kappa shape index (κ2) is 7.92. The van der Waals surface area contributed by atoms with Gasteiger partial charge in [0.2, 0.25) is 0 Å². The number of nitro benzene ring substituents is 1. The summed E-state index contributed by atoms with van der Waals surface area (Å²) < 4.78 is 28.5. The van der Waals surface area contributed by atoms with Gasteiger partial charge in [-0.3, -0.25) is 10.1 Å². The van der Waals surface area contributed by atoms with Gasteiger partial charge in [0.05, 0.1) is 38.9 Å². The molecule has 0 saturated carbocycles. The van der Waals surface area contributed by atoms with Crippen molar-refractivity contribution in [3.8, 4) is 6.07 Å². The lowest BCUT2D eigenvalue weighted by Crippen LogP contribution is -2.24. The van der Waals surface area contributed by atoms with Crippen molar-refractivity contribution in [2.45, 2.75) is 25.2 Å². The number of non-ortho nitro benzene ring substituents is 1. The van der Waals surface area contributed by atoms with Crippen molar-refractivity contribution >= 4 is 26.9 Å². The molecule has 2 heterocycles. The first kappa shape index (κ1) is 20.9. The number of hydrogen-bond donors (Lipinski definition) is 0. The third kappa shape index (κ3) is 3.72. The van der Waals surface area contributed by atoms with Gasteiger partial charge in [-0.05, 0) is 31.0 Å². The molecule has 0 fully saturated rings. The largest absolute Gasteiger partial charge is 0.279 e. The van der Waals surface area contributed by atoms with Gasteiger partial charge in [-0.15, -0.1) is 0 Å². The number of fused-ring (bicyclic) bond motifs is 1. The van der Waals surface area contributed by atoms with Gasteiger partial charge in [0.1, 0.15) is 0 Å². The number of sulfonamides is 1. The molecule has 11 heteroatoms. The summed E-state index contributed by atoms with van der Waals surface area (Å²) in [6.45, 7) is 3.37. The number of hydrazone groups is 1. The molecule has 2 aromatic heterocycles. The van der Waals surface area contributed by atoms with Crippen molar-refractivity contribution in [2.75, 3.05) is 7.05 Å². The molecule has 0 radical (unpaired) electrons. The van der Waals surface area contributed by atoms with E-state index >= 15 is 0 Å². The summed E-state index contributed by atoms with van der Waals surface area (Å²) in [5, 5.41) is 28.7. The number of hydrogen-bond acceptors (Lipinski definition) is 7. The van der Waals surface area contributed by atoms with E-state index in [4.69, 9.17) is 5.26 Å². The van der Waals surface area contributed by atoms with E-state index < -0.39 is 14.9 Å². The fourth-order valence-corrected chi connectivity index (χ4v) is 4.17. The minimum absolute atomic E-state index is 0.190. The van der Waals surface area contributed by atoms with E-state index in [0.29, 0.717) is 34.3 Å². The molecule has 30 heavy (non-hydrogen) atoms. The summed E-state index contributed by atoms with van der Waals surface area (Å²) in [5.74, 6) is 0. The van der Waals surface area contributed by atoms with Gasteiger partial charge in [0.15, 0.2) is 0 Å². The van der Waals surface area contributed by atoms with Crippen molar-refractivity contribution in [3.63, 3.8) is 0 Å². The molecule has 3 aromatic rings. The van der Waals surface area contributed by atoms with E-state index in [2.05, 4.69) is 16.3 Å². The van der Waals surface area contributed by atoms with Gasteiger partial charge in [0.25, 0.3) is 15.7 Å². The Bertz CT molecular complexity index is 1320. The molecule has 0 aliphatic heterocycles. The van der Waals surface area contributed by atoms with Gasteiger partial charge in [-0.2, -0.15) is 28.3 Å². The van der Waals surface area contributed by atoms with Gasteiger partial charge in [0, 0.05) is 30.9 Å². The Kier molecular flexibility index (Phi) is 5.53. The lowest BCUT2D eigenvalue weighted by Gasteiger charge is -2.17. The summed E-state index contributed by atoms with van der Waals surface area (Å²) in [6, 6.07) is 8.99. The molecule has 3 rings (SSSR count). The Morgan fingerprint density at radius 2 is 2.10 bits per heavy atom. The molecule has 0 saturated heterocycles. The summed E-state index contributed by atoms with van der Waals surface area (Å²) in [5.41, 5.74) is 2.14. The Labute approximate surface area is 172 Å². The average Bonchev–Trinajstić information content (AvgIpc) is 3.14. The highest BCUT2D eigenvalue weighted by atomic mass is 32.2. The van der Waals surface area contributed by atoms with Crippen molar-refractivity contribution in [2.24, 2.45) is 5.10 Å². The van der Waals surface area contributed by atoms with Crippen molar-refractivity contribution < 1.29 is 13.3 Å². The molecule has 154 valence electrons. The zero-order valence-electron chi connectivity index (χ0n) is 16.5. The van der Waals surface area contributed by atoms with Gasteiger partial charge < -0.3 is 0 Å².